The van der Waals surface area contributed by atoms with E-state index in [0.717, 1.165) is 4.31 Å². The highest BCUT2D eigenvalue weighted by Gasteiger charge is 2.24. The first kappa shape index (κ1) is 24.1. The van der Waals surface area contributed by atoms with E-state index >= 15 is 0 Å². The Hall–Kier alpha value is -3.18. The molecule has 2 aromatic rings. The maximum Gasteiger partial charge on any atom is 0.355 e. The van der Waals surface area contributed by atoms with E-state index in [2.05, 4.69) is 10.3 Å². The van der Waals surface area contributed by atoms with Crippen LogP contribution in [-0.4, -0.2) is 62.9 Å². The summed E-state index contributed by atoms with van der Waals surface area (Å²) in [5.74, 6) is -1.95. The molecule has 0 aliphatic heterocycles. The Bertz CT molecular complexity index is 1090. The van der Waals surface area contributed by atoms with Crippen molar-refractivity contribution in [3.63, 3.8) is 0 Å². The lowest BCUT2D eigenvalue weighted by Crippen LogP contribution is -2.23. The second kappa shape index (κ2) is 9.75. The van der Waals surface area contributed by atoms with E-state index in [4.69, 9.17) is 9.47 Å². The molecule has 0 atom stereocenters. The number of aromatic amines is 1. The molecule has 11 heteroatoms. The molecule has 1 amide bonds. The number of anilines is 1. The van der Waals surface area contributed by atoms with Crippen LogP contribution in [-0.2, 0) is 24.3 Å². The summed E-state index contributed by atoms with van der Waals surface area (Å²) < 4.78 is 35.2. The normalized spacial score (nSPS) is 11.3. The molecule has 31 heavy (non-hydrogen) atoms. The molecule has 0 aliphatic carbocycles. The van der Waals surface area contributed by atoms with Crippen molar-refractivity contribution in [1.82, 2.24) is 9.29 Å². The number of esters is 2. The van der Waals surface area contributed by atoms with Crippen molar-refractivity contribution in [2.45, 2.75) is 25.7 Å². The first-order valence-corrected chi connectivity index (χ1v) is 10.8. The summed E-state index contributed by atoms with van der Waals surface area (Å²) in [4.78, 5) is 39.3. The molecular weight excluding hydrogens is 426 g/mol. The van der Waals surface area contributed by atoms with E-state index in [0.29, 0.717) is 16.9 Å². The number of ether oxygens (including phenoxy) is 2. The van der Waals surface area contributed by atoms with Gasteiger partial charge >= 0.3 is 11.9 Å². The van der Waals surface area contributed by atoms with Gasteiger partial charge in [-0.25, -0.2) is 22.3 Å². The molecule has 0 saturated carbocycles. The zero-order chi connectivity index (χ0) is 23.3. The van der Waals surface area contributed by atoms with Gasteiger partial charge in [-0.15, -0.1) is 0 Å². The Morgan fingerprint density at radius 1 is 1.03 bits per heavy atom. The third-order valence-electron chi connectivity index (χ3n) is 4.37. The second-order valence-electron chi connectivity index (χ2n) is 6.78. The molecule has 0 radical (unpaired) electrons. The van der Waals surface area contributed by atoms with Crippen LogP contribution in [0, 0.1) is 13.8 Å². The standard InChI is InChI=1S/C20H25N3O7S/c1-6-29-19(25)17-12(2)18(21-13(17)3)20(26)30-11-16(24)22-14-7-9-15(10-8-14)31(27,28)23(4)5/h7-10,21H,6,11H2,1-5H3,(H,22,24). The van der Waals surface area contributed by atoms with Gasteiger partial charge in [-0.2, -0.15) is 0 Å². The Labute approximate surface area is 180 Å². The number of aryl methyl sites for hydroxylation is 1. The minimum absolute atomic E-state index is 0.0617. The molecule has 10 nitrogen and oxygen atoms in total. The maximum atomic E-state index is 12.3. The third kappa shape index (κ3) is 5.50. The summed E-state index contributed by atoms with van der Waals surface area (Å²) in [7, 11) is -0.737. The van der Waals surface area contributed by atoms with Gasteiger partial charge in [0.25, 0.3) is 5.91 Å². The molecule has 0 unspecified atom stereocenters. The fraction of sp³-hybridized carbons (Fsp3) is 0.350. The summed E-state index contributed by atoms with van der Waals surface area (Å²) in [5.41, 5.74) is 1.49. The topological polar surface area (TPSA) is 135 Å². The first-order chi connectivity index (χ1) is 14.5. The van der Waals surface area contributed by atoms with Gasteiger partial charge in [0.15, 0.2) is 6.61 Å². The number of benzene rings is 1. The van der Waals surface area contributed by atoms with E-state index in [9.17, 15) is 22.8 Å². The van der Waals surface area contributed by atoms with E-state index in [1.54, 1.807) is 20.8 Å². The molecule has 1 heterocycles. The number of amides is 1. The molecule has 0 fully saturated rings. The molecule has 2 rings (SSSR count). The van der Waals surface area contributed by atoms with Gasteiger partial charge in [0.05, 0.1) is 17.1 Å². The van der Waals surface area contributed by atoms with Gasteiger partial charge in [0, 0.05) is 25.5 Å². The summed E-state index contributed by atoms with van der Waals surface area (Å²) >= 11 is 0. The van der Waals surface area contributed by atoms with Crippen molar-refractivity contribution in [2.24, 2.45) is 0 Å². The summed E-state index contributed by atoms with van der Waals surface area (Å²) in [6, 6.07) is 5.58. The largest absolute Gasteiger partial charge is 0.462 e. The van der Waals surface area contributed by atoms with Gasteiger partial charge in [-0.1, -0.05) is 0 Å². The number of H-pyrrole nitrogens is 1. The van der Waals surface area contributed by atoms with Crippen LogP contribution in [0.15, 0.2) is 29.2 Å². The number of nitrogens with one attached hydrogen (secondary N) is 2. The Balaban J connectivity index is 2.00. The maximum absolute atomic E-state index is 12.3. The zero-order valence-electron chi connectivity index (χ0n) is 17.9. The quantitative estimate of drug-likeness (QED) is 0.585. The Kier molecular flexibility index (Phi) is 7.58. The molecule has 0 bridgehead atoms. The van der Waals surface area contributed by atoms with Gasteiger partial charge in [0.2, 0.25) is 10.0 Å². The minimum atomic E-state index is -3.57. The fourth-order valence-corrected chi connectivity index (χ4v) is 3.69. The number of nitrogens with zero attached hydrogens (tertiary/aromatic N) is 1. The monoisotopic (exact) mass is 451 g/mol. The summed E-state index contributed by atoms with van der Waals surface area (Å²) in [5, 5.41) is 2.51. The summed E-state index contributed by atoms with van der Waals surface area (Å²) in [6.45, 7) is 4.52. The Morgan fingerprint density at radius 3 is 2.19 bits per heavy atom. The van der Waals surface area contributed by atoms with Gasteiger partial charge in [0.1, 0.15) is 5.69 Å². The van der Waals surface area contributed by atoms with Crippen LogP contribution in [0.2, 0.25) is 0 Å². The summed E-state index contributed by atoms with van der Waals surface area (Å²) in [6.07, 6.45) is 0. The number of carbonyl (C=O) groups excluding carboxylic acids is 3. The van der Waals surface area contributed by atoms with Crippen LogP contribution in [0.4, 0.5) is 5.69 Å². The minimum Gasteiger partial charge on any atom is -0.462 e. The smallest absolute Gasteiger partial charge is 0.355 e. The fourth-order valence-electron chi connectivity index (χ4n) is 2.78. The lowest BCUT2D eigenvalue weighted by Gasteiger charge is -2.12. The molecule has 0 aliphatic rings. The van der Waals surface area contributed by atoms with Crippen LogP contribution in [0.25, 0.3) is 0 Å². The van der Waals surface area contributed by atoms with E-state index < -0.39 is 34.5 Å². The molecule has 168 valence electrons. The van der Waals surface area contributed by atoms with Crippen LogP contribution in [0.3, 0.4) is 0 Å². The van der Waals surface area contributed by atoms with Gasteiger partial charge in [-0.3, -0.25) is 4.79 Å². The molecule has 1 aromatic heterocycles. The molecular formula is C20H25N3O7S. The van der Waals surface area contributed by atoms with Crippen LogP contribution in [0.1, 0.15) is 39.0 Å². The molecule has 2 N–H and O–H groups in total. The Morgan fingerprint density at radius 2 is 1.65 bits per heavy atom. The lowest BCUT2D eigenvalue weighted by molar-refractivity contribution is -0.119. The number of hydrogen-bond acceptors (Lipinski definition) is 7. The predicted octanol–water partition coefficient (Wildman–Crippen LogP) is 1.85. The second-order valence-corrected chi connectivity index (χ2v) is 8.93. The van der Waals surface area contributed by atoms with Gasteiger partial charge < -0.3 is 19.8 Å². The van der Waals surface area contributed by atoms with Crippen molar-refractivity contribution in [3.8, 4) is 0 Å². The van der Waals surface area contributed by atoms with Crippen LogP contribution < -0.4 is 5.32 Å². The molecule has 1 aromatic carbocycles. The van der Waals surface area contributed by atoms with E-state index in [1.165, 1.54) is 38.4 Å². The van der Waals surface area contributed by atoms with Crippen LogP contribution >= 0.6 is 0 Å². The van der Waals surface area contributed by atoms with Gasteiger partial charge in [-0.05, 0) is 50.6 Å². The van der Waals surface area contributed by atoms with Crippen molar-refractivity contribution >= 4 is 33.6 Å². The number of rotatable bonds is 8. The predicted molar refractivity (Wildman–Crippen MR) is 112 cm³/mol. The van der Waals surface area contributed by atoms with E-state index in [-0.39, 0.29) is 22.8 Å². The highest BCUT2D eigenvalue weighted by Crippen LogP contribution is 2.20. The van der Waals surface area contributed by atoms with Crippen molar-refractivity contribution in [1.29, 1.82) is 0 Å². The van der Waals surface area contributed by atoms with Crippen molar-refractivity contribution < 1.29 is 32.3 Å². The van der Waals surface area contributed by atoms with Crippen LogP contribution in [0.5, 0.6) is 0 Å². The first-order valence-electron chi connectivity index (χ1n) is 9.34. The molecule has 0 spiro atoms. The lowest BCUT2D eigenvalue weighted by atomic mass is 10.1. The SMILES string of the molecule is CCOC(=O)c1c(C)[nH]c(C(=O)OCC(=O)Nc2ccc(S(=O)(=O)N(C)C)cc2)c1C. The number of hydrogen-bond donors (Lipinski definition) is 2. The number of carbonyl (C=O) groups is 3. The highest BCUT2D eigenvalue weighted by molar-refractivity contribution is 7.89. The number of sulfonamides is 1. The average Bonchev–Trinajstić information content (AvgIpc) is 3.00. The van der Waals surface area contributed by atoms with Crippen molar-refractivity contribution in [2.75, 3.05) is 32.6 Å². The zero-order valence-corrected chi connectivity index (χ0v) is 18.8. The number of aromatic nitrogens is 1. The van der Waals surface area contributed by atoms with Crippen molar-refractivity contribution in [3.05, 3.63) is 46.8 Å². The third-order valence-corrected chi connectivity index (χ3v) is 6.20. The average molecular weight is 452 g/mol. The molecule has 0 saturated heterocycles. The highest BCUT2D eigenvalue weighted by atomic mass is 32.2. The van der Waals surface area contributed by atoms with E-state index in [1.807, 2.05) is 0 Å².